The number of piperidine rings is 1. The molecule has 1 fully saturated rings. The first-order valence-corrected chi connectivity index (χ1v) is 13.0. The molecule has 6 nitrogen and oxygen atoms in total. The maximum Gasteiger partial charge on any atom is 0.223 e. The van der Waals surface area contributed by atoms with Crippen molar-refractivity contribution < 1.29 is 17.9 Å². The number of methoxy groups -OCH3 is 1. The largest absolute Gasteiger partial charge is 0.497 e. The number of carbonyl (C=O) groups excluding carboxylic acids is 1. The molecule has 1 saturated heterocycles. The number of carbonyl (C=O) groups is 1. The predicted molar refractivity (Wildman–Crippen MR) is 128 cm³/mol. The van der Waals surface area contributed by atoms with Gasteiger partial charge in [0.1, 0.15) is 5.75 Å². The third-order valence-electron chi connectivity index (χ3n) is 5.71. The second-order valence-electron chi connectivity index (χ2n) is 7.87. The quantitative estimate of drug-likeness (QED) is 0.523. The summed E-state index contributed by atoms with van der Waals surface area (Å²) >= 11 is 12.3. The van der Waals surface area contributed by atoms with Crippen LogP contribution in [0.1, 0.15) is 30.4 Å². The average Bonchev–Trinajstić information content (AvgIpc) is 2.79. The van der Waals surface area contributed by atoms with Crippen molar-refractivity contribution in [3.63, 3.8) is 0 Å². The van der Waals surface area contributed by atoms with Crippen molar-refractivity contribution >= 4 is 39.1 Å². The molecule has 0 bridgehead atoms. The summed E-state index contributed by atoms with van der Waals surface area (Å²) in [4.78, 5) is 12.5. The Bertz CT molecular complexity index is 1000. The number of hydrogen-bond donors (Lipinski definition) is 1. The fraction of sp³-hybridized carbons (Fsp3) is 0.435. The van der Waals surface area contributed by atoms with E-state index in [1.54, 1.807) is 25.3 Å². The van der Waals surface area contributed by atoms with Crippen LogP contribution in [0.4, 0.5) is 0 Å². The van der Waals surface area contributed by atoms with E-state index < -0.39 is 10.0 Å². The smallest absolute Gasteiger partial charge is 0.223 e. The fourth-order valence-corrected chi connectivity index (χ4v) is 6.10. The molecule has 0 unspecified atom stereocenters. The molecule has 2 aromatic rings. The average molecular weight is 499 g/mol. The molecule has 1 aliphatic rings. The zero-order valence-electron chi connectivity index (χ0n) is 18.0. The molecular weight excluding hydrogens is 471 g/mol. The SMILES string of the molecule is COc1ccc(CCCNC(=O)C2CCN(S(=O)(=O)Cc3c(Cl)cccc3Cl)CC2)cc1. The molecule has 1 amide bonds. The van der Waals surface area contributed by atoms with Crippen LogP contribution in [0.25, 0.3) is 0 Å². The Kier molecular flexibility index (Phi) is 8.82. The Morgan fingerprint density at radius 3 is 2.31 bits per heavy atom. The Hall–Kier alpha value is -1.80. The van der Waals surface area contributed by atoms with Crippen LogP contribution in [-0.4, -0.2) is 45.4 Å². The molecule has 0 aromatic heterocycles. The molecule has 0 spiro atoms. The Morgan fingerprint density at radius 1 is 1.09 bits per heavy atom. The van der Waals surface area contributed by atoms with Crippen LogP contribution in [0, 0.1) is 5.92 Å². The van der Waals surface area contributed by atoms with Crippen LogP contribution in [-0.2, 0) is 27.0 Å². The number of sulfonamides is 1. The summed E-state index contributed by atoms with van der Waals surface area (Å²) in [5.74, 6) is 0.399. The van der Waals surface area contributed by atoms with Gasteiger partial charge >= 0.3 is 0 Å². The number of benzene rings is 2. The summed E-state index contributed by atoms with van der Waals surface area (Å²) in [7, 11) is -1.93. The fourth-order valence-electron chi connectivity index (χ4n) is 3.78. The van der Waals surface area contributed by atoms with E-state index in [4.69, 9.17) is 27.9 Å². The van der Waals surface area contributed by atoms with E-state index in [0.29, 0.717) is 48.1 Å². The molecule has 3 rings (SSSR count). The van der Waals surface area contributed by atoms with E-state index in [1.165, 1.54) is 9.87 Å². The van der Waals surface area contributed by atoms with Gasteiger partial charge in [-0.2, -0.15) is 0 Å². The lowest BCUT2D eigenvalue weighted by molar-refractivity contribution is -0.126. The number of ether oxygens (including phenoxy) is 1. The van der Waals surface area contributed by atoms with Crippen molar-refractivity contribution in [2.24, 2.45) is 5.92 Å². The minimum absolute atomic E-state index is 0.00840. The standard InChI is InChI=1S/C23H28Cl2N2O4S/c1-31-19-9-7-17(8-10-19)4-3-13-26-23(28)18-11-14-27(15-12-18)32(29,30)16-20-21(24)5-2-6-22(20)25/h2,5-10,18H,3-4,11-16H2,1H3,(H,26,28). The Labute approximate surface area is 199 Å². The molecule has 174 valence electrons. The van der Waals surface area contributed by atoms with E-state index in [-0.39, 0.29) is 17.6 Å². The third-order valence-corrected chi connectivity index (χ3v) is 8.22. The third kappa shape index (κ3) is 6.61. The number of amides is 1. The maximum atomic E-state index is 12.8. The number of nitrogens with one attached hydrogen (secondary N) is 1. The molecule has 1 N–H and O–H groups in total. The highest BCUT2D eigenvalue weighted by Gasteiger charge is 2.31. The second-order valence-corrected chi connectivity index (χ2v) is 10.7. The van der Waals surface area contributed by atoms with E-state index in [0.717, 1.165) is 18.6 Å². The monoisotopic (exact) mass is 498 g/mol. The van der Waals surface area contributed by atoms with Gasteiger partial charge in [-0.05, 0) is 55.5 Å². The maximum absolute atomic E-state index is 12.8. The van der Waals surface area contributed by atoms with Gasteiger partial charge in [-0.25, -0.2) is 12.7 Å². The van der Waals surface area contributed by atoms with Gasteiger partial charge in [-0.15, -0.1) is 0 Å². The number of hydrogen-bond acceptors (Lipinski definition) is 4. The number of halogens is 2. The lowest BCUT2D eigenvalue weighted by atomic mass is 9.97. The van der Waals surface area contributed by atoms with E-state index in [9.17, 15) is 13.2 Å². The van der Waals surface area contributed by atoms with Crippen molar-refractivity contribution in [2.45, 2.75) is 31.4 Å². The van der Waals surface area contributed by atoms with Crippen molar-refractivity contribution in [2.75, 3.05) is 26.7 Å². The minimum Gasteiger partial charge on any atom is -0.497 e. The van der Waals surface area contributed by atoms with Gasteiger partial charge in [0.05, 0.1) is 12.9 Å². The molecular formula is C23H28Cl2N2O4S. The molecule has 32 heavy (non-hydrogen) atoms. The van der Waals surface area contributed by atoms with Crippen LogP contribution in [0.15, 0.2) is 42.5 Å². The van der Waals surface area contributed by atoms with Crippen LogP contribution >= 0.6 is 23.2 Å². The Balaban J connectivity index is 1.42. The van der Waals surface area contributed by atoms with Gasteiger partial charge in [0.15, 0.2) is 0 Å². The highest BCUT2D eigenvalue weighted by Crippen LogP contribution is 2.29. The minimum atomic E-state index is -3.56. The first-order valence-electron chi connectivity index (χ1n) is 10.6. The lowest BCUT2D eigenvalue weighted by Gasteiger charge is -2.30. The highest BCUT2D eigenvalue weighted by atomic mass is 35.5. The van der Waals surface area contributed by atoms with E-state index in [2.05, 4.69) is 5.32 Å². The number of nitrogens with zero attached hydrogens (tertiary/aromatic N) is 1. The van der Waals surface area contributed by atoms with Gasteiger partial charge in [0, 0.05) is 41.2 Å². The second kappa shape index (κ2) is 11.4. The van der Waals surface area contributed by atoms with Crippen LogP contribution in [0.3, 0.4) is 0 Å². The lowest BCUT2D eigenvalue weighted by Crippen LogP contribution is -2.43. The van der Waals surface area contributed by atoms with Gasteiger partial charge in [0.25, 0.3) is 0 Å². The number of rotatable bonds is 9. The summed E-state index contributed by atoms with van der Waals surface area (Å²) in [6, 6.07) is 12.8. The van der Waals surface area contributed by atoms with Crippen molar-refractivity contribution in [1.29, 1.82) is 0 Å². The Morgan fingerprint density at radius 2 is 1.72 bits per heavy atom. The van der Waals surface area contributed by atoms with E-state index >= 15 is 0 Å². The molecule has 0 radical (unpaired) electrons. The first-order chi connectivity index (χ1) is 15.3. The van der Waals surface area contributed by atoms with Gasteiger partial charge in [0.2, 0.25) is 15.9 Å². The normalized spacial score (nSPS) is 15.5. The summed E-state index contributed by atoms with van der Waals surface area (Å²) in [6.07, 6.45) is 2.70. The molecule has 2 aromatic carbocycles. The van der Waals surface area contributed by atoms with E-state index in [1.807, 2.05) is 24.3 Å². The zero-order chi connectivity index (χ0) is 23.1. The van der Waals surface area contributed by atoms with Crippen molar-refractivity contribution in [3.05, 3.63) is 63.6 Å². The molecule has 0 saturated carbocycles. The topological polar surface area (TPSA) is 75.7 Å². The molecule has 1 aliphatic heterocycles. The van der Waals surface area contributed by atoms with Gasteiger partial charge in [-0.1, -0.05) is 41.4 Å². The van der Waals surface area contributed by atoms with Crippen LogP contribution in [0.2, 0.25) is 10.0 Å². The molecule has 0 aliphatic carbocycles. The first kappa shape index (κ1) is 24.8. The van der Waals surface area contributed by atoms with Crippen LogP contribution < -0.4 is 10.1 Å². The molecule has 9 heteroatoms. The zero-order valence-corrected chi connectivity index (χ0v) is 20.3. The van der Waals surface area contributed by atoms with Crippen LogP contribution in [0.5, 0.6) is 5.75 Å². The molecule has 0 atom stereocenters. The summed E-state index contributed by atoms with van der Waals surface area (Å²) in [5, 5.41) is 3.66. The molecule has 1 heterocycles. The highest BCUT2D eigenvalue weighted by molar-refractivity contribution is 7.88. The van der Waals surface area contributed by atoms with Crippen molar-refractivity contribution in [1.82, 2.24) is 9.62 Å². The van der Waals surface area contributed by atoms with Gasteiger partial charge < -0.3 is 10.1 Å². The summed E-state index contributed by atoms with van der Waals surface area (Å²) in [5.41, 5.74) is 1.60. The summed E-state index contributed by atoms with van der Waals surface area (Å²) < 4.78 is 32.2. The van der Waals surface area contributed by atoms with Crippen molar-refractivity contribution in [3.8, 4) is 5.75 Å². The predicted octanol–water partition coefficient (Wildman–Crippen LogP) is 4.29. The van der Waals surface area contributed by atoms with Gasteiger partial charge in [-0.3, -0.25) is 4.79 Å². The summed E-state index contributed by atoms with van der Waals surface area (Å²) in [6.45, 7) is 1.22. The number of aryl methyl sites for hydroxylation is 1.